The van der Waals surface area contributed by atoms with Crippen LogP contribution in [0.15, 0.2) is 45.7 Å². The second-order valence-corrected chi connectivity index (χ2v) is 7.60. The van der Waals surface area contributed by atoms with E-state index in [1.165, 1.54) is 24.5 Å². The second-order valence-electron chi connectivity index (χ2n) is 5.64. The van der Waals surface area contributed by atoms with E-state index in [1.807, 2.05) is 18.2 Å². The van der Waals surface area contributed by atoms with Gasteiger partial charge in [0.15, 0.2) is 11.6 Å². The number of rotatable bonds is 4. The number of hydrogen-bond donors (Lipinski definition) is 2. The van der Waals surface area contributed by atoms with Gasteiger partial charge in [0, 0.05) is 26.3 Å². The molecule has 2 N–H and O–H groups in total. The number of H-pyrrole nitrogens is 1. The Labute approximate surface area is 160 Å². The number of thiophene rings is 1. The van der Waals surface area contributed by atoms with Gasteiger partial charge in [0.1, 0.15) is 10.5 Å². The van der Waals surface area contributed by atoms with Crippen molar-refractivity contribution in [2.75, 3.05) is 12.4 Å². The molecule has 0 saturated heterocycles. The Kier molecular flexibility index (Phi) is 4.37. The predicted molar refractivity (Wildman–Crippen MR) is 106 cm³/mol. The fourth-order valence-electron chi connectivity index (χ4n) is 2.71. The Morgan fingerprint density at radius 2 is 2.15 bits per heavy atom. The third-order valence-corrected chi connectivity index (χ3v) is 5.60. The molecule has 0 saturated carbocycles. The van der Waals surface area contributed by atoms with E-state index in [1.54, 1.807) is 12.1 Å². The first-order chi connectivity index (χ1) is 12.5. The zero-order valence-corrected chi connectivity index (χ0v) is 16.0. The molecule has 0 aliphatic carbocycles. The van der Waals surface area contributed by atoms with Gasteiger partial charge < -0.3 is 15.0 Å². The molecular weight excluding hydrogens is 421 g/mol. The van der Waals surface area contributed by atoms with Crippen LogP contribution in [0.2, 0.25) is 0 Å². The summed E-state index contributed by atoms with van der Waals surface area (Å²) in [5, 5.41) is 4.06. The van der Waals surface area contributed by atoms with Crippen LogP contribution in [-0.2, 0) is 6.54 Å². The summed E-state index contributed by atoms with van der Waals surface area (Å²) < 4.78 is 21.0. The highest BCUT2D eigenvalue weighted by Crippen LogP contribution is 2.32. The molecule has 2 aromatic heterocycles. The minimum Gasteiger partial charge on any atom is -0.494 e. The molecule has 4 rings (SSSR count). The van der Waals surface area contributed by atoms with Crippen molar-refractivity contribution in [3.8, 4) is 5.75 Å². The molecule has 2 heterocycles. The van der Waals surface area contributed by atoms with Crippen LogP contribution in [0.1, 0.15) is 5.82 Å². The molecular formula is C18H13BrFN3O2S. The summed E-state index contributed by atoms with van der Waals surface area (Å²) in [5.74, 6) is 0.229. The highest BCUT2D eigenvalue weighted by molar-refractivity contribution is 9.10. The molecule has 0 radical (unpaired) electrons. The highest BCUT2D eigenvalue weighted by Gasteiger charge is 2.12. The number of hydrogen-bond acceptors (Lipinski definition) is 5. The quantitative estimate of drug-likeness (QED) is 0.491. The lowest BCUT2D eigenvalue weighted by Gasteiger charge is -2.08. The van der Waals surface area contributed by atoms with Crippen LogP contribution in [0.4, 0.5) is 10.1 Å². The van der Waals surface area contributed by atoms with Crippen LogP contribution in [-0.4, -0.2) is 17.1 Å². The first-order valence-electron chi connectivity index (χ1n) is 7.73. The van der Waals surface area contributed by atoms with Crippen molar-refractivity contribution in [3.63, 3.8) is 0 Å². The molecule has 26 heavy (non-hydrogen) atoms. The number of aromatic amines is 1. The lowest BCUT2D eigenvalue weighted by atomic mass is 10.2. The zero-order chi connectivity index (χ0) is 18.3. The van der Waals surface area contributed by atoms with Crippen molar-refractivity contribution in [2.24, 2.45) is 0 Å². The molecule has 8 heteroatoms. The second kappa shape index (κ2) is 6.69. The van der Waals surface area contributed by atoms with E-state index < -0.39 is 5.82 Å². The Morgan fingerprint density at radius 1 is 1.31 bits per heavy atom. The molecule has 0 spiro atoms. The molecule has 132 valence electrons. The predicted octanol–water partition coefficient (Wildman–Crippen LogP) is 4.66. The number of benzene rings is 2. The standard InChI is InChI=1S/C18H13BrFN3O2S/c1-25-13-7-10(3-4-12(13)20)21-8-15-22-16-11-6-9(19)2-5-14(11)26-17(16)18(24)23-15/h2-7,21H,8H2,1H3,(H,22,23,24). The summed E-state index contributed by atoms with van der Waals surface area (Å²) in [5.41, 5.74) is 1.19. The van der Waals surface area contributed by atoms with E-state index in [-0.39, 0.29) is 11.3 Å². The molecule has 0 amide bonds. The van der Waals surface area contributed by atoms with Crippen LogP contribution >= 0.6 is 27.3 Å². The summed E-state index contributed by atoms with van der Waals surface area (Å²) >= 11 is 4.88. The number of halogens is 2. The summed E-state index contributed by atoms with van der Waals surface area (Å²) in [6.07, 6.45) is 0. The summed E-state index contributed by atoms with van der Waals surface area (Å²) in [4.78, 5) is 19.8. The normalized spacial score (nSPS) is 11.2. The van der Waals surface area contributed by atoms with E-state index >= 15 is 0 Å². The maximum atomic E-state index is 13.5. The van der Waals surface area contributed by atoms with Gasteiger partial charge in [-0.2, -0.15) is 0 Å². The maximum absolute atomic E-state index is 13.5. The van der Waals surface area contributed by atoms with Crippen molar-refractivity contribution in [1.29, 1.82) is 0 Å². The van der Waals surface area contributed by atoms with Crippen LogP contribution in [0.3, 0.4) is 0 Å². The van der Waals surface area contributed by atoms with Gasteiger partial charge in [-0.25, -0.2) is 9.37 Å². The first kappa shape index (κ1) is 17.0. The number of methoxy groups -OCH3 is 1. The topological polar surface area (TPSA) is 67.0 Å². The van der Waals surface area contributed by atoms with Gasteiger partial charge in [0.05, 0.1) is 19.2 Å². The van der Waals surface area contributed by atoms with Crippen LogP contribution in [0.5, 0.6) is 5.75 Å². The Hall–Kier alpha value is -2.45. The molecule has 0 atom stereocenters. The van der Waals surface area contributed by atoms with E-state index in [0.717, 1.165) is 14.6 Å². The zero-order valence-electron chi connectivity index (χ0n) is 13.6. The number of anilines is 1. The number of aromatic nitrogens is 2. The van der Waals surface area contributed by atoms with Crippen LogP contribution in [0, 0.1) is 5.82 Å². The highest BCUT2D eigenvalue weighted by atomic mass is 79.9. The monoisotopic (exact) mass is 433 g/mol. The molecule has 2 aromatic carbocycles. The van der Waals surface area contributed by atoms with Gasteiger partial charge in [0.25, 0.3) is 5.56 Å². The first-order valence-corrected chi connectivity index (χ1v) is 9.34. The minimum atomic E-state index is -0.429. The van der Waals surface area contributed by atoms with E-state index in [0.29, 0.717) is 28.3 Å². The average Bonchev–Trinajstić information content (AvgIpc) is 2.99. The molecule has 0 unspecified atom stereocenters. The molecule has 4 aromatic rings. The largest absolute Gasteiger partial charge is 0.494 e. The average molecular weight is 434 g/mol. The Morgan fingerprint density at radius 3 is 2.96 bits per heavy atom. The summed E-state index contributed by atoms with van der Waals surface area (Å²) in [6, 6.07) is 10.4. The van der Waals surface area contributed by atoms with Gasteiger partial charge >= 0.3 is 0 Å². The SMILES string of the molecule is COc1cc(NCc2nc3c(sc4ccc(Br)cc43)c(=O)[nH]2)ccc1F. The van der Waals surface area contributed by atoms with Crippen molar-refractivity contribution >= 4 is 53.3 Å². The molecule has 0 aliphatic heterocycles. The van der Waals surface area contributed by atoms with Gasteiger partial charge in [0.2, 0.25) is 0 Å². The lowest BCUT2D eigenvalue weighted by Crippen LogP contribution is -2.13. The fourth-order valence-corrected chi connectivity index (χ4v) is 4.09. The number of nitrogens with zero attached hydrogens (tertiary/aromatic N) is 1. The number of ether oxygens (including phenoxy) is 1. The van der Waals surface area contributed by atoms with Gasteiger partial charge in [-0.15, -0.1) is 11.3 Å². The van der Waals surface area contributed by atoms with Crippen molar-refractivity contribution in [1.82, 2.24) is 9.97 Å². The fraction of sp³-hybridized carbons (Fsp3) is 0.111. The maximum Gasteiger partial charge on any atom is 0.268 e. The van der Waals surface area contributed by atoms with E-state index in [4.69, 9.17) is 4.74 Å². The molecule has 0 fully saturated rings. The summed E-state index contributed by atoms with van der Waals surface area (Å²) in [7, 11) is 1.41. The third kappa shape index (κ3) is 3.06. The van der Waals surface area contributed by atoms with E-state index in [9.17, 15) is 9.18 Å². The lowest BCUT2D eigenvalue weighted by molar-refractivity contribution is 0.387. The molecule has 5 nitrogen and oxygen atoms in total. The van der Waals surface area contributed by atoms with E-state index in [2.05, 4.69) is 31.2 Å². The van der Waals surface area contributed by atoms with Gasteiger partial charge in [-0.3, -0.25) is 4.79 Å². The summed E-state index contributed by atoms with van der Waals surface area (Å²) in [6.45, 7) is 0.297. The molecule has 0 aliphatic rings. The number of fused-ring (bicyclic) bond motifs is 3. The van der Waals surface area contributed by atoms with Crippen molar-refractivity contribution in [2.45, 2.75) is 6.54 Å². The smallest absolute Gasteiger partial charge is 0.268 e. The van der Waals surface area contributed by atoms with Crippen molar-refractivity contribution in [3.05, 3.63) is 62.9 Å². The van der Waals surface area contributed by atoms with Crippen molar-refractivity contribution < 1.29 is 9.13 Å². The third-order valence-electron chi connectivity index (χ3n) is 3.95. The molecule has 0 bridgehead atoms. The minimum absolute atomic E-state index is 0.153. The van der Waals surface area contributed by atoms with Gasteiger partial charge in [-0.1, -0.05) is 15.9 Å². The van der Waals surface area contributed by atoms with Gasteiger partial charge in [-0.05, 0) is 30.3 Å². The Balaban J connectivity index is 1.70. The van der Waals surface area contributed by atoms with Crippen LogP contribution < -0.4 is 15.6 Å². The van der Waals surface area contributed by atoms with Crippen LogP contribution in [0.25, 0.3) is 20.3 Å². The Bertz CT molecular complexity index is 1190. The number of nitrogens with one attached hydrogen (secondary N) is 2.